The summed E-state index contributed by atoms with van der Waals surface area (Å²) < 4.78 is 6.04. The summed E-state index contributed by atoms with van der Waals surface area (Å²) in [5.74, 6) is 2.10. The summed E-state index contributed by atoms with van der Waals surface area (Å²) in [6.45, 7) is 6.78. The van der Waals surface area contributed by atoms with Crippen molar-refractivity contribution in [3.05, 3.63) is 58.1 Å². The second-order valence-electron chi connectivity index (χ2n) is 5.24. The van der Waals surface area contributed by atoms with Gasteiger partial charge in [0.2, 0.25) is 0 Å². The topological polar surface area (TPSA) is 35.2 Å². The molecule has 0 spiro atoms. The maximum atomic E-state index is 6.04. The molecule has 0 amide bonds. The summed E-state index contributed by atoms with van der Waals surface area (Å²) in [4.78, 5) is 0. The van der Waals surface area contributed by atoms with Crippen molar-refractivity contribution < 1.29 is 4.74 Å². The van der Waals surface area contributed by atoms with E-state index in [9.17, 15) is 0 Å². The van der Waals surface area contributed by atoms with Crippen LogP contribution in [0, 0.1) is 6.92 Å². The Bertz CT molecular complexity index is 608. The molecule has 0 atom stereocenters. The molecule has 3 heteroatoms. The highest BCUT2D eigenvalue weighted by Gasteiger charge is 2.09. The third kappa shape index (κ3) is 3.33. The number of hydrogen-bond donors (Lipinski definition) is 1. The van der Waals surface area contributed by atoms with Gasteiger partial charge in [-0.2, -0.15) is 0 Å². The second kappa shape index (κ2) is 6.29. The molecular formula is C17H20ClNO. The average Bonchev–Trinajstić information content (AvgIpc) is 2.42. The van der Waals surface area contributed by atoms with Gasteiger partial charge in [0.25, 0.3) is 0 Å². The molecule has 0 fully saturated rings. The van der Waals surface area contributed by atoms with Crippen LogP contribution < -0.4 is 10.5 Å². The lowest BCUT2D eigenvalue weighted by Crippen LogP contribution is -2.00. The number of ether oxygens (including phenoxy) is 1. The highest BCUT2D eigenvalue weighted by molar-refractivity contribution is 6.30. The standard InChI is InChI=1S/C17H20ClNO/c1-11(2)13-5-4-12(3)17(9-13)20-16-7-6-15(18)8-14(16)10-19/h4-9,11H,10,19H2,1-3H3. The number of halogens is 1. The van der Waals surface area contributed by atoms with Gasteiger partial charge < -0.3 is 10.5 Å². The third-order valence-corrected chi connectivity index (χ3v) is 3.58. The largest absolute Gasteiger partial charge is 0.457 e. The molecule has 2 rings (SSSR count). The average molecular weight is 290 g/mol. The Morgan fingerprint density at radius 2 is 1.85 bits per heavy atom. The molecule has 0 aromatic heterocycles. The molecule has 0 unspecified atom stereocenters. The van der Waals surface area contributed by atoms with E-state index in [2.05, 4.69) is 32.0 Å². The third-order valence-electron chi connectivity index (χ3n) is 3.34. The molecular weight excluding hydrogens is 270 g/mol. The molecule has 0 saturated carbocycles. The van der Waals surface area contributed by atoms with E-state index >= 15 is 0 Å². The molecule has 0 bridgehead atoms. The van der Waals surface area contributed by atoms with Crippen LogP contribution >= 0.6 is 11.6 Å². The van der Waals surface area contributed by atoms with Gasteiger partial charge in [-0.25, -0.2) is 0 Å². The quantitative estimate of drug-likeness (QED) is 0.857. The number of rotatable bonds is 4. The smallest absolute Gasteiger partial charge is 0.132 e. The fraction of sp³-hybridized carbons (Fsp3) is 0.294. The SMILES string of the molecule is Cc1ccc(C(C)C)cc1Oc1ccc(Cl)cc1CN. The normalized spacial score (nSPS) is 10.9. The maximum Gasteiger partial charge on any atom is 0.132 e. The Hall–Kier alpha value is -1.51. The summed E-state index contributed by atoms with van der Waals surface area (Å²) in [5, 5.41) is 0.672. The molecule has 106 valence electrons. The molecule has 0 saturated heterocycles. The summed E-state index contributed by atoms with van der Waals surface area (Å²) in [6, 6.07) is 11.8. The molecule has 0 aliphatic rings. The Labute approximate surface area is 125 Å². The number of aryl methyl sites for hydroxylation is 1. The minimum absolute atomic E-state index is 0.402. The lowest BCUT2D eigenvalue weighted by molar-refractivity contribution is 0.471. The lowest BCUT2D eigenvalue weighted by atomic mass is 10.0. The molecule has 0 aliphatic carbocycles. The zero-order chi connectivity index (χ0) is 14.7. The van der Waals surface area contributed by atoms with Crippen LogP contribution in [0.3, 0.4) is 0 Å². The predicted octanol–water partition coefficient (Wildman–Crippen LogP) is 5.02. The van der Waals surface area contributed by atoms with E-state index in [-0.39, 0.29) is 0 Å². The van der Waals surface area contributed by atoms with Crippen LogP contribution in [-0.4, -0.2) is 0 Å². The van der Waals surface area contributed by atoms with Crippen molar-refractivity contribution in [2.24, 2.45) is 5.73 Å². The predicted molar refractivity (Wildman–Crippen MR) is 84.7 cm³/mol. The lowest BCUT2D eigenvalue weighted by Gasteiger charge is -2.14. The van der Waals surface area contributed by atoms with Crippen LogP contribution in [0.1, 0.15) is 36.5 Å². The van der Waals surface area contributed by atoms with Crippen LogP contribution in [0.4, 0.5) is 0 Å². The highest BCUT2D eigenvalue weighted by Crippen LogP contribution is 2.31. The van der Waals surface area contributed by atoms with Gasteiger partial charge in [-0.1, -0.05) is 37.6 Å². The molecule has 0 aliphatic heterocycles. The first-order valence-electron chi connectivity index (χ1n) is 6.78. The van der Waals surface area contributed by atoms with Crippen molar-refractivity contribution in [2.45, 2.75) is 33.2 Å². The summed E-state index contributed by atoms with van der Waals surface area (Å²) in [6.07, 6.45) is 0. The Morgan fingerprint density at radius 1 is 1.10 bits per heavy atom. The molecule has 0 radical (unpaired) electrons. The summed E-state index contributed by atoms with van der Waals surface area (Å²) >= 11 is 5.99. The van der Waals surface area contributed by atoms with Crippen molar-refractivity contribution in [3.8, 4) is 11.5 Å². The molecule has 0 heterocycles. The second-order valence-corrected chi connectivity index (χ2v) is 5.67. The van der Waals surface area contributed by atoms with E-state index in [0.29, 0.717) is 17.5 Å². The molecule has 2 aromatic rings. The van der Waals surface area contributed by atoms with E-state index in [1.165, 1.54) is 5.56 Å². The first-order chi connectivity index (χ1) is 9.51. The van der Waals surface area contributed by atoms with Crippen LogP contribution in [0.25, 0.3) is 0 Å². The van der Waals surface area contributed by atoms with Crippen LogP contribution in [0.15, 0.2) is 36.4 Å². The van der Waals surface area contributed by atoms with Crippen LogP contribution in [0.5, 0.6) is 11.5 Å². The van der Waals surface area contributed by atoms with Crippen LogP contribution in [-0.2, 0) is 6.54 Å². The van der Waals surface area contributed by atoms with E-state index < -0.39 is 0 Å². The van der Waals surface area contributed by atoms with Gasteiger partial charge in [-0.05, 0) is 48.2 Å². The van der Waals surface area contributed by atoms with E-state index in [1.54, 1.807) is 0 Å². The van der Waals surface area contributed by atoms with Gasteiger partial charge >= 0.3 is 0 Å². The van der Waals surface area contributed by atoms with Crippen LogP contribution in [0.2, 0.25) is 5.02 Å². The van der Waals surface area contributed by atoms with Gasteiger partial charge in [0.1, 0.15) is 11.5 Å². The van der Waals surface area contributed by atoms with E-state index in [4.69, 9.17) is 22.1 Å². The Balaban J connectivity index is 2.36. The van der Waals surface area contributed by atoms with Gasteiger partial charge in [0, 0.05) is 17.1 Å². The molecule has 20 heavy (non-hydrogen) atoms. The van der Waals surface area contributed by atoms with Gasteiger partial charge in [0.05, 0.1) is 0 Å². The fourth-order valence-corrected chi connectivity index (χ4v) is 2.21. The number of nitrogens with two attached hydrogens (primary N) is 1. The Kier molecular flexibility index (Phi) is 4.69. The van der Waals surface area contributed by atoms with Gasteiger partial charge in [0.15, 0.2) is 0 Å². The van der Waals surface area contributed by atoms with E-state index in [0.717, 1.165) is 22.6 Å². The minimum atomic E-state index is 0.402. The summed E-state index contributed by atoms with van der Waals surface area (Å²) in [5.41, 5.74) is 9.02. The minimum Gasteiger partial charge on any atom is -0.457 e. The monoisotopic (exact) mass is 289 g/mol. The highest BCUT2D eigenvalue weighted by atomic mass is 35.5. The van der Waals surface area contributed by atoms with Crippen molar-refractivity contribution in [3.63, 3.8) is 0 Å². The zero-order valence-corrected chi connectivity index (χ0v) is 12.9. The van der Waals surface area contributed by atoms with Gasteiger partial charge in [-0.15, -0.1) is 0 Å². The molecule has 2 aromatic carbocycles. The first-order valence-corrected chi connectivity index (χ1v) is 7.16. The van der Waals surface area contributed by atoms with Crippen molar-refractivity contribution in [1.29, 1.82) is 0 Å². The van der Waals surface area contributed by atoms with Crippen molar-refractivity contribution in [2.75, 3.05) is 0 Å². The zero-order valence-electron chi connectivity index (χ0n) is 12.1. The first kappa shape index (κ1) is 14.9. The molecule has 2 nitrogen and oxygen atoms in total. The van der Waals surface area contributed by atoms with Gasteiger partial charge in [-0.3, -0.25) is 0 Å². The molecule has 2 N–H and O–H groups in total. The van der Waals surface area contributed by atoms with Crippen molar-refractivity contribution >= 4 is 11.6 Å². The number of hydrogen-bond acceptors (Lipinski definition) is 2. The summed E-state index contributed by atoms with van der Waals surface area (Å²) in [7, 11) is 0. The fourth-order valence-electron chi connectivity index (χ4n) is 2.01. The van der Waals surface area contributed by atoms with E-state index in [1.807, 2.05) is 25.1 Å². The van der Waals surface area contributed by atoms with Crippen molar-refractivity contribution in [1.82, 2.24) is 0 Å². The number of benzene rings is 2. The maximum absolute atomic E-state index is 6.04. The Morgan fingerprint density at radius 3 is 2.50 bits per heavy atom.